The van der Waals surface area contributed by atoms with E-state index in [0.29, 0.717) is 12.8 Å². The molecule has 6 nitrogen and oxygen atoms in total. The van der Waals surface area contributed by atoms with Gasteiger partial charge < -0.3 is 29.9 Å². The van der Waals surface area contributed by atoms with E-state index in [4.69, 9.17) is 21.0 Å². The van der Waals surface area contributed by atoms with E-state index >= 15 is 0 Å². The molecule has 1 fully saturated rings. The number of hydrogen-bond donors (Lipinski definition) is 4. The van der Waals surface area contributed by atoms with Gasteiger partial charge in [0.25, 0.3) is 0 Å². The third kappa shape index (κ3) is 3.64. The molecule has 0 aliphatic carbocycles. The van der Waals surface area contributed by atoms with Crippen molar-refractivity contribution in [2.45, 2.75) is 43.5 Å². The predicted octanol–water partition coefficient (Wildman–Crippen LogP) is -1.78. The van der Waals surface area contributed by atoms with Crippen LogP contribution in [0.25, 0.3) is 0 Å². The van der Waals surface area contributed by atoms with Gasteiger partial charge in [0.1, 0.15) is 24.4 Å². The molecule has 0 aromatic heterocycles. The number of aliphatic hydroxyl groups is 4. The number of rotatable bonds is 5. The van der Waals surface area contributed by atoms with Crippen molar-refractivity contribution in [2.24, 2.45) is 0 Å². The van der Waals surface area contributed by atoms with Crippen molar-refractivity contribution in [3.63, 3.8) is 0 Å². The fourth-order valence-corrected chi connectivity index (χ4v) is 1.65. The Morgan fingerprint density at radius 2 is 1.94 bits per heavy atom. The molecule has 0 aromatic rings. The lowest BCUT2D eigenvalue weighted by atomic mass is 9.99. The molecule has 1 rings (SSSR count). The monoisotopic (exact) mass is 246 g/mol. The lowest BCUT2D eigenvalue weighted by molar-refractivity contribution is -0.296. The molecule has 0 unspecified atom stereocenters. The molecule has 1 aliphatic heterocycles. The quantitative estimate of drug-likeness (QED) is 0.338. The molecule has 0 radical (unpaired) electrons. The van der Waals surface area contributed by atoms with Crippen LogP contribution in [0.1, 0.15) is 12.8 Å². The first-order valence-corrected chi connectivity index (χ1v) is 5.47. The van der Waals surface area contributed by atoms with Crippen LogP contribution in [0.3, 0.4) is 0 Å². The summed E-state index contributed by atoms with van der Waals surface area (Å²) >= 11 is 0. The largest absolute Gasteiger partial charge is 0.394 e. The van der Waals surface area contributed by atoms with Crippen LogP contribution >= 0.6 is 0 Å². The second-order valence-electron chi connectivity index (χ2n) is 3.87. The summed E-state index contributed by atoms with van der Waals surface area (Å²) in [7, 11) is 0. The van der Waals surface area contributed by atoms with Gasteiger partial charge in [0.05, 0.1) is 6.61 Å². The average Bonchev–Trinajstić information content (AvgIpc) is 2.32. The lowest BCUT2D eigenvalue weighted by Crippen LogP contribution is -2.59. The van der Waals surface area contributed by atoms with Crippen LogP contribution < -0.4 is 0 Å². The van der Waals surface area contributed by atoms with Gasteiger partial charge in [-0.2, -0.15) is 0 Å². The fraction of sp³-hybridized carbons (Fsp3) is 0.818. The van der Waals surface area contributed by atoms with Crippen molar-refractivity contribution in [3.05, 3.63) is 0 Å². The van der Waals surface area contributed by atoms with E-state index in [1.807, 2.05) is 0 Å². The molecule has 98 valence electrons. The summed E-state index contributed by atoms with van der Waals surface area (Å²) in [4.78, 5) is 0. The minimum Gasteiger partial charge on any atom is -0.394 e. The van der Waals surface area contributed by atoms with E-state index in [2.05, 4.69) is 5.92 Å². The summed E-state index contributed by atoms with van der Waals surface area (Å²) in [5.74, 6) is 2.43. The molecule has 0 bridgehead atoms. The number of ether oxygens (including phenoxy) is 2. The van der Waals surface area contributed by atoms with E-state index in [-0.39, 0.29) is 6.61 Å². The Kier molecular flexibility index (Phi) is 5.85. The lowest BCUT2D eigenvalue weighted by Gasteiger charge is -2.39. The second-order valence-corrected chi connectivity index (χ2v) is 3.87. The zero-order valence-electron chi connectivity index (χ0n) is 9.40. The van der Waals surface area contributed by atoms with E-state index in [1.165, 1.54) is 0 Å². The van der Waals surface area contributed by atoms with Crippen molar-refractivity contribution < 1.29 is 29.9 Å². The number of terminal acetylenes is 1. The first kappa shape index (κ1) is 14.4. The van der Waals surface area contributed by atoms with Crippen LogP contribution in [0.15, 0.2) is 0 Å². The van der Waals surface area contributed by atoms with Crippen LogP contribution in [0.4, 0.5) is 0 Å². The van der Waals surface area contributed by atoms with E-state index in [1.54, 1.807) is 0 Å². The maximum absolute atomic E-state index is 9.70. The average molecular weight is 246 g/mol. The number of aliphatic hydroxyl groups excluding tert-OH is 4. The Morgan fingerprint density at radius 3 is 2.53 bits per heavy atom. The summed E-state index contributed by atoms with van der Waals surface area (Å²) in [5, 5.41) is 37.7. The molecule has 0 aromatic carbocycles. The molecule has 17 heavy (non-hydrogen) atoms. The Balaban J connectivity index is 2.46. The van der Waals surface area contributed by atoms with E-state index in [9.17, 15) is 15.3 Å². The molecule has 0 saturated carbocycles. The predicted molar refractivity (Wildman–Crippen MR) is 57.8 cm³/mol. The van der Waals surface area contributed by atoms with Gasteiger partial charge in [0, 0.05) is 13.0 Å². The van der Waals surface area contributed by atoms with Gasteiger partial charge in [-0.05, 0) is 6.42 Å². The SMILES string of the molecule is C#CCCCO[C@@H]1[C@@H](O)[C@H](O)[C@@H](CO)O[C@@H]1O. The van der Waals surface area contributed by atoms with Crippen LogP contribution in [-0.2, 0) is 9.47 Å². The maximum Gasteiger partial charge on any atom is 0.184 e. The molecular weight excluding hydrogens is 228 g/mol. The van der Waals surface area contributed by atoms with Crippen LogP contribution in [0.2, 0.25) is 0 Å². The van der Waals surface area contributed by atoms with E-state index in [0.717, 1.165) is 0 Å². The fourth-order valence-electron chi connectivity index (χ4n) is 1.65. The van der Waals surface area contributed by atoms with Crippen molar-refractivity contribution in [1.29, 1.82) is 0 Å². The minimum atomic E-state index is -1.38. The highest BCUT2D eigenvalue weighted by molar-refractivity contribution is 4.89. The van der Waals surface area contributed by atoms with Gasteiger partial charge in [-0.15, -0.1) is 12.3 Å². The van der Waals surface area contributed by atoms with Gasteiger partial charge >= 0.3 is 0 Å². The molecule has 1 heterocycles. The Hall–Kier alpha value is -0.680. The highest BCUT2D eigenvalue weighted by atomic mass is 16.7. The van der Waals surface area contributed by atoms with Gasteiger partial charge in [0.15, 0.2) is 6.29 Å². The van der Waals surface area contributed by atoms with Crippen molar-refractivity contribution in [2.75, 3.05) is 13.2 Å². The molecule has 1 saturated heterocycles. The summed E-state index contributed by atoms with van der Waals surface area (Å²) in [6.07, 6.45) is 0.164. The van der Waals surface area contributed by atoms with Crippen LogP contribution in [0.5, 0.6) is 0 Å². The second kappa shape index (κ2) is 6.91. The molecule has 0 spiro atoms. The molecule has 4 N–H and O–H groups in total. The summed E-state index contributed by atoms with van der Waals surface area (Å²) in [6, 6.07) is 0. The highest BCUT2D eigenvalue weighted by Gasteiger charge is 2.44. The zero-order valence-corrected chi connectivity index (χ0v) is 9.40. The Bertz CT molecular complexity index is 263. The van der Waals surface area contributed by atoms with Crippen molar-refractivity contribution in [1.82, 2.24) is 0 Å². The van der Waals surface area contributed by atoms with Gasteiger partial charge in [0.2, 0.25) is 0 Å². The first-order valence-electron chi connectivity index (χ1n) is 5.47. The summed E-state index contributed by atoms with van der Waals surface area (Å²) in [5.41, 5.74) is 0. The topological polar surface area (TPSA) is 99.4 Å². The van der Waals surface area contributed by atoms with Crippen LogP contribution in [0, 0.1) is 12.3 Å². The Labute approximate surface area is 99.8 Å². The summed E-state index contributed by atoms with van der Waals surface area (Å²) < 4.78 is 10.1. The smallest absolute Gasteiger partial charge is 0.184 e. The third-order valence-corrected chi connectivity index (χ3v) is 2.62. The number of hydrogen-bond acceptors (Lipinski definition) is 6. The molecule has 0 amide bonds. The molecule has 1 aliphatic rings. The normalized spacial score (nSPS) is 37.7. The minimum absolute atomic E-state index is 0.253. The van der Waals surface area contributed by atoms with Gasteiger partial charge in [-0.1, -0.05) is 0 Å². The summed E-state index contributed by atoms with van der Waals surface area (Å²) in [6.45, 7) is -0.234. The standard InChI is InChI=1S/C11H18O6/c1-2-3-4-5-16-10-9(14)8(13)7(6-12)17-11(10)15/h1,7-15H,3-6H2/t7-,8-,9+,10-,11+/m1/s1. The van der Waals surface area contributed by atoms with E-state index < -0.39 is 37.3 Å². The zero-order chi connectivity index (χ0) is 12.8. The van der Waals surface area contributed by atoms with Gasteiger partial charge in [-0.25, -0.2) is 0 Å². The number of unbranched alkanes of at least 4 members (excludes halogenated alkanes) is 1. The molecule has 6 heteroatoms. The Morgan fingerprint density at radius 1 is 1.24 bits per heavy atom. The van der Waals surface area contributed by atoms with Crippen molar-refractivity contribution >= 4 is 0 Å². The van der Waals surface area contributed by atoms with Crippen LogP contribution in [-0.4, -0.2) is 64.3 Å². The first-order chi connectivity index (χ1) is 8.11. The highest BCUT2D eigenvalue weighted by Crippen LogP contribution is 2.22. The maximum atomic E-state index is 9.70. The molecule has 5 atom stereocenters. The van der Waals surface area contributed by atoms with Crippen molar-refractivity contribution in [3.8, 4) is 12.3 Å². The van der Waals surface area contributed by atoms with Gasteiger partial charge in [-0.3, -0.25) is 0 Å². The third-order valence-electron chi connectivity index (χ3n) is 2.62. The molecular formula is C11H18O6.